The second-order valence-corrected chi connectivity index (χ2v) is 5.82. The molecule has 1 aliphatic heterocycles. The van der Waals surface area contributed by atoms with Crippen LogP contribution in [0.15, 0.2) is 41.3 Å². The van der Waals surface area contributed by atoms with Crippen LogP contribution >= 0.6 is 0 Å². The van der Waals surface area contributed by atoms with Crippen molar-refractivity contribution in [2.75, 3.05) is 5.32 Å². The highest BCUT2D eigenvalue weighted by atomic mass is 19.4. The molecule has 3 rings (SSSR count). The summed E-state index contributed by atoms with van der Waals surface area (Å²) in [6, 6.07) is 6.02. The molecule has 130 valence electrons. The maximum atomic E-state index is 12.8. The molecule has 0 radical (unpaired) electrons. The Hall–Kier alpha value is -2.90. The van der Waals surface area contributed by atoms with Crippen molar-refractivity contribution < 1.29 is 22.8 Å². The first-order valence-corrected chi connectivity index (χ1v) is 7.42. The van der Waals surface area contributed by atoms with Crippen molar-refractivity contribution in [3.05, 3.63) is 63.6 Å². The quantitative estimate of drug-likeness (QED) is 0.866. The van der Waals surface area contributed by atoms with E-state index in [1.54, 1.807) is 13.0 Å². The van der Waals surface area contributed by atoms with Gasteiger partial charge in [-0.25, -0.2) is 0 Å². The Bertz CT molecular complexity index is 931. The van der Waals surface area contributed by atoms with E-state index in [1.165, 1.54) is 12.1 Å². The van der Waals surface area contributed by atoms with E-state index in [9.17, 15) is 27.6 Å². The topological polar surface area (TPSA) is 68.2 Å². The van der Waals surface area contributed by atoms with Crippen molar-refractivity contribution in [1.82, 2.24) is 4.57 Å². The molecule has 1 aliphatic rings. The minimum atomic E-state index is -4.60. The van der Waals surface area contributed by atoms with Gasteiger partial charge >= 0.3 is 6.18 Å². The molecular weight excluding hydrogens is 337 g/mol. The van der Waals surface area contributed by atoms with Crippen molar-refractivity contribution in [2.45, 2.75) is 25.6 Å². The first-order chi connectivity index (χ1) is 11.7. The fraction of sp³-hybridized carbons (Fsp3) is 0.235. The molecule has 1 amide bonds. The zero-order valence-electron chi connectivity index (χ0n) is 13.1. The zero-order chi connectivity index (χ0) is 18.4. The number of benzene rings is 1. The number of rotatable bonds is 3. The van der Waals surface area contributed by atoms with Crippen molar-refractivity contribution in [1.29, 1.82) is 0 Å². The highest BCUT2D eigenvalue weighted by molar-refractivity contribution is 6.04. The fourth-order valence-corrected chi connectivity index (χ4v) is 2.66. The Kier molecular flexibility index (Phi) is 3.98. The molecule has 0 saturated heterocycles. The summed E-state index contributed by atoms with van der Waals surface area (Å²) in [5, 5.41) is 2.67. The minimum absolute atomic E-state index is 0.186. The number of carbonyl (C=O) groups is 2. The van der Waals surface area contributed by atoms with E-state index < -0.39 is 35.5 Å². The van der Waals surface area contributed by atoms with Gasteiger partial charge in [0.1, 0.15) is 0 Å². The molecule has 0 spiro atoms. The Balaban J connectivity index is 1.89. The van der Waals surface area contributed by atoms with E-state index in [2.05, 4.69) is 5.32 Å². The number of carbonyl (C=O) groups excluding carboxylic acids is 2. The first-order valence-electron chi connectivity index (χ1n) is 7.42. The van der Waals surface area contributed by atoms with Gasteiger partial charge in [0.2, 0.25) is 5.91 Å². The van der Waals surface area contributed by atoms with Crippen molar-refractivity contribution in [2.24, 2.45) is 0 Å². The van der Waals surface area contributed by atoms with Gasteiger partial charge in [-0.2, -0.15) is 13.2 Å². The summed E-state index contributed by atoms with van der Waals surface area (Å²) in [5.41, 5.74) is -0.228. The monoisotopic (exact) mass is 350 g/mol. The fourth-order valence-electron chi connectivity index (χ4n) is 2.66. The lowest BCUT2D eigenvalue weighted by Gasteiger charge is -2.11. The van der Waals surface area contributed by atoms with Gasteiger partial charge in [0, 0.05) is 23.5 Å². The predicted molar refractivity (Wildman–Crippen MR) is 83.5 cm³/mol. The summed E-state index contributed by atoms with van der Waals surface area (Å²) >= 11 is 0. The molecule has 0 unspecified atom stereocenters. The van der Waals surface area contributed by atoms with Crippen LogP contribution in [0, 0.1) is 0 Å². The number of anilines is 1. The van der Waals surface area contributed by atoms with Crippen LogP contribution in [0.2, 0.25) is 0 Å². The zero-order valence-corrected chi connectivity index (χ0v) is 13.1. The Morgan fingerprint density at radius 1 is 1.20 bits per heavy atom. The van der Waals surface area contributed by atoms with Gasteiger partial charge in [0.15, 0.2) is 5.78 Å². The standard InChI is InChI=1S/C17H13F3N2O3/c1-9-12-6-10(2-4-13(12)21-16(9)25)14(23)8-22-7-11(17(18,19)20)3-5-15(22)24/h2-7,9H,8H2,1H3,(H,21,25)/t9-/m1/s1. The van der Waals surface area contributed by atoms with Gasteiger partial charge in [-0.1, -0.05) is 0 Å². The molecule has 2 heterocycles. The van der Waals surface area contributed by atoms with Crippen molar-refractivity contribution >= 4 is 17.4 Å². The summed E-state index contributed by atoms with van der Waals surface area (Å²) < 4.78 is 39.0. The number of hydrogen-bond acceptors (Lipinski definition) is 3. The molecule has 8 heteroatoms. The van der Waals surface area contributed by atoms with Gasteiger partial charge < -0.3 is 9.88 Å². The van der Waals surface area contributed by atoms with Gasteiger partial charge in [-0.05, 0) is 36.8 Å². The van der Waals surface area contributed by atoms with Gasteiger partial charge in [0.25, 0.3) is 5.56 Å². The van der Waals surface area contributed by atoms with E-state index >= 15 is 0 Å². The minimum Gasteiger partial charge on any atom is -0.325 e. The third-order valence-electron chi connectivity index (χ3n) is 4.12. The molecule has 1 atom stereocenters. The summed E-state index contributed by atoms with van der Waals surface area (Å²) in [6.07, 6.45) is -3.98. The predicted octanol–water partition coefficient (Wildman–Crippen LogP) is 2.81. The molecule has 0 fully saturated rings. The number of alkyl halides is 3. The molecule has 0 bridgehead atoms. The highest BCUT2D eigenvalue weighted by Gasteiger charge is 2.31. The van der Waals surface area contributed by atoms with Crippen LogP contribution in [0.1, 0.15) is 34.3 Å². The van der Waals surface area contributed by atoms with E-state index in [-0.39, 0.29) is 11.5 Å². The number of halogens is 3. The molecule has 0 aliphatic carbocycles. The molecule has 2 aromatic rings. The number of hydrogen-bond donors (Lipinski definition) is 1. The molecular formula is C17H13F3N2O3. The number of nitrogens with zero attached hydrogens (tertiary/aromatic N) is 1. The number of nitrogens with one attached hydrogen (secondary N) is 1. The Morgan fingerprint density at radius 3 is 2.60 bits per heavy atom. The summed E-state index contributed by atoms with van der Waals surface area (Å²) in [7, 11) is 0. The van der Waals surface area contributed by atoms with Crippen LogP contribution in [-0.4, -0.2) is 16.3 Å². The van der Waals surface area contributed by atoms with E-state index in [0.717, 1.165) is 10.6 Å². The normalized spacial score (nSPS) is 16.5. The molecule has 0 saturated carbocycles. The van der Waals surface area contributed by atoms with Gasteiger partial charge in [-0.15, -0.1) is 0 Å². The maximum Gasteiger partial charge on any atom is 0.417 e. The number of amides is 1. The third-order valence-corrected chi connectivity index (χ3v) is 4.12. The third kappa shape index (κ3) is 3.19. The van der Waals surface area contributed by atoms with Crippen LogP contribution in [-0.2, 0) is 17.5 Å². The summed E-state index contributed by atoms with van der Waals surface area (Å²) in [5.74, 6) is -1.12. The lowest BCUT2D eigenvalue weighted by molar-refractivity contribution is -0.138. The van der Waals surface area contributed by atoms with Crippen LogP contribution in [0.25, 0.3) is 0 Å². The first kappa shape index (κ1) is 16.9. The smallest absolute Gasteiger partial charge is 0.325 e. The SMILES string of the molecule is C[C@H]1C(=O)Nc2ccc(C(=O)Cn3cc(C(F)(F)F)ccc3=O)cc21. The van der Waals surface area contributed by atoms with Gasteiger partial charge in [-0.3, -0.25) is 14.4 Å². The Labute approximate surface area is 140 Å². The van der Waals surface area contributed by atoms with Crippen LogP contribution in [0.3, 0.4) is 0 Å². The second kappa shape index (κ2) is 5.87. The summed E-state index contributed by atoms with van der Waals surface area (Å²) in [4.78, 5) is 35.7. The molecule has 1 aromatic carbocycles. The van der Waals surface area contributed by atoms with Crippen LogP contribution < -0.4 is 10.9 Å². The van der Waals surface area contributed by atoms with Crippen LogP contribution in [0.5, 0.6) is 0 Å². The number of pyridine rings is 1. The molecule has 5 nitrogen and oxygen atoms in total. The lowest BCUT2D eigenvalue weighted by Crippen LogP contribution is -2.25. The van der Waals surface area contributed by atoms with Gasteiger partial charge in [0.05, 0.1) is 18.0 Å². The number of ketones is 1. The number of Topliss-reactive ketones (excluding diaryl/α,β-unsaturated/α-hetero) is 1. The van der Waals surface area contributed by atoms with E-state index in [4.69, 9.17) is 0 Å². The number of aromatic nitrogens is 1. The largest absolute Gasteiger partial charge is 0.417 e. The molecule has 25 heavy (non-hydrogen) atoms. The van der Waals surface area contributed by atoms with E-state index in [0.29, 0.717) is 23.5 Å². The van der Waals surface area contributed by atoms with Crippen molar-refractivity contribution in [3.8, 4) is 0 Å². The molecule has 1 N–H and O–H groups in total. The van der Waals surface area contributed by atoms with E-state index in [1.807, 2.05) is 0 Å². The highest BCUT2D eigenvalue weighted by Crippen LogP contribution is 2.33. The average Bonchev–Trinajstić information content (AvgIpc) is 2.82. The molecule has 1 aromatic heterocycles. The van der Waals surface area contributed by atoms with Crippen LogP contribution in [0.4, 0.5) is 18.9 Å². The maximum absolute atomic E-state index is 12.8. The number of fused-ring (bicyclic) bond motifs is 1. The Morgan fingerprint density at radius 2 is 1.92 bits per heavy atom. The second-order valence-electron chi connectivity index (χ2n) is 5.82. The lowest BCUT2D eigenvalue weighted by atomic mass is 9.99. The summed E-state index contributed by atoms with van der Waals surface area (Å²) in [6.45, 7) is 1.17. The van der Waals surface area contributed by atoms with Crippen molar-refractivity contribution in [3.63, 3.8) is 0 Å². The average molecular weight is 350 g/mol.